The zero-order valence-corrected chi connectivity index (χ0v) is 17.5. The fraction of sp³-hybridized carbons (Fsp3) is 0.360. The number of benzene rings is 2. The first-order valence-corrected chi connectivity index (χ1v) is 10.0. The lowest BCUT2D eigenvalue weighted by Gasteiger charge is -2.21. The number of hydrogen-bond donors (Lipinski definition) is 1. The Balaban J connectivity index is 2.07. The summed E-state index contributed by atoms with van der Waals surface area (Å²) < 4.78 is 5.54. The van der Waals surface area contributed by atoms with E-state index in [9.17, 15) is 14.7 Å². The van der Waals surface area contributed by atoms with E-state index in [4.69, 9.17) is 4.74 Å². The van der Waals surface area contributed by atoms with Crippen LogP contribution in [0.2, 0.25) is 0 Å². The van der Waals surface area contributed by atoms with Gasteiger partial charge in [-0.25, -0.2) is 9.59 Å². The van der Waals surface area contributed by atoms with E-state index >= 15 is 0 Å². The second kappa shape index (κ2) is 10.6. The van der Waals surface area contributed by atoms with Gasteiger partial charge in [0.05, 0.1) is 5.56 Å². The van der Waals surface area contributed by atoms with Crippen LogP contribution < -0.4 is 0 Å². The van der Waals surface area contributed by atoms with Crippen molar-refractivity contribution in [2.24, 2.45) is 0 Å². The maximum atomic E-state index is 12.7. The Morgan fingerprint density at radius 1 is 0.966 bits per heavy atom. The first kappa shape index (κ1) is 22.4. The number of carboxylic acids is 1. The van der Waals surface area contributed by atoms with E-state index in [1.165, 1.54) is 5.56 Å². The molecular weight excluding hydrogens is 364 g/mol. The molecule has 2 aromatic carbocycles. The number of allylic oxidation sites excluding steroid dienone is 1. The summed E-state index contributed by atoms with van der Waals surface area (Å²) in [5.74, 6) is -1.38. The molecule has 154 valence electrons. The van der Waals surface area contributed by atoms with Crippen LogP contribution in [0.15, 0.2) is 66.2 Å². The first-order valence-electron chi connectivity index (χ1n) is 10.0. The molecule has 0 saturated heterocycles. The van der Waals surface area contributed by atoms with Crippen molar-refractivity contribution in [3.63, 3.8) is 0 Å². The molecule has 0 bridgehead atoms. The van der Waals surface area contributed by atoms with E-state index < -0.39 is 11.6 Å². The highest BCUT2D eigenvalue weighted by Gasteiger charge is 2.21. The quantitative estimate of drug-likeness (QED) is 0.341. The Hall–Kier alpha value is -2.88. The molecule has 0 aliphatic heterocycles. The van der Waals surface area contributed by atoms with E-state index in [0.717, 1.165) is 25.7 Å². The van der Waals surface area contributed by atoms with Crippen LogP contribution in [0.3, 0.4) is 0 Å². The predicted molar refractivity (Wildman–Crippen MR) is 115 cm³/mol. The summed E-state index contributed by atoms with van der Waals surface area (Å²) >= 11 is 0. The van der Waals surface area contributed by atoms with Crippen LogP contribution in [0.25, 0.3) is 0 Å². The zero-order valence-electron chi connectivity index (χ0n) is 17.5. The monoisotopic (exact) mass is 394 g/mol. The Morgan fingerprint density at radius 2 is 1.62 bits per heavy atom. The number of carbonyl (C=O) groups is 2. The average molecular weight is 395 g/mol. The van der Waals surface area contributed by atoms with Crippen LogP contribution in [0.4, 0.5) is 0 Å². The topological polar surface area (TPSA) is 63.6 Å². The van der Waals surface area contributed by atoms with Gasteiger partial charge in [0, 0.05) is 12.0 Å². The largest absolute Gasteiger partial charge is 0.478 e. The number of unbranched alkanes of at least 4 members (excludes halogenated alkanes) is 2. The fourth-order valence-corrected chi connectivity index (χ4v) is 3.05. The zero-order chi connectivity index (χ0) is 21.3. The number of aromatic carboxylic acids is 1. The van der Waals surface area contributed by atoms with Crippen molar-refractivity contribution in [2.75, 3.05) is 0 Å². The van der Waals surface area contributed by atoms with Crippen LogP contribution in [-0.2, 0) is 22.4 Å². The number of aryl methyl sites for hydroxylation is 1. The van der Waals surface area contributed by atoms with Gasteiger partial charge < -0.3 is 9.84 Å². The van der Waals surface area contributed by atoms with Crippen molar-refractivity contribution in [1.82, 2.24) is 0 Å². The van der Waals surface area contributed by atoms with Gasteiger partial charge in [-0.2, -0.15) is 0 Å². The van der Waals surface area contributed by atoms with E-state index in [1.54, 1.807) is 24.3 Å². The molecule has 0 atom stereocenters. The van der Waals surface area contributed by atoms with Gasteiger partial charge in [0.2, 0.25) is 0 Å². The lowest BCUT2D eigenvalue weighted by Crippen LogP contribution is -2.25. The van der Waals surface area contributed by atoms with E-state index in [2.05, 4.69) is 12.1 Å². The minimum absolute atomic E-state index is 0.214. The van der Waals surface area contributed by atoms with E-state index in [-0.39, 0.29) is 18.0 Å². The smallest absolute Gasteiger partial charge is 0.335 e. The molecule has 2 aromatic rings. The lowest BCUT2D eigenvalue weighted by molar-refractivity contribution is -0.150. The standard InChI is InChI=1S/C25H30O4/c1-25(2,3)29-24(28)21(18-20-15-10-11-17-22(20)23(26)27)16-9-5-8-14-19-12-6-4-7-13-19/h4,6-7,10-13,15-17H,5,8-9,14,18H2,1-3H3,(H,26,27)/b21-16+. The van der Waals surface area contributed by atoms with Gasteiger partial charge >= 0.3 is 11.9 Å². The third-order valence-electron chi connectivity index (χ3n) is 4.44. The van der Waals surface area contributed by atoms with Crippen LogP contribution >= 0.6 is 0 Å². The SMILES string of the molecule is CC(C)(C)OC(=O)/C(=C/CCCCc1ccccc1)Cc1ccccc1C(=O)O. The van der Waals surface area contributed by atoms with Crippen molar-refractivity contribution in [3.05, 3.63) is 82.9 Å². The third kappa shape index (κ3) is 7.94. The molecule has 0 aromatic heterocycles. The number of ether oxygens (including phenoxy) is 1. The maximum Gasteiger partial charge on any atom is 0.335 e. The predicted octanol–water partition coefficient (Wildman–Crippen LogP) is 5.61. The normalized spacial score (nSPS) is 11.9. The molecule has 0 unspecified atom stereocenters. The van der Waals surface area contributed by atoms with Gasteiger partial charge in [-0.3, -0.25) is 0 Å². The van der Waals surface area contributed by atoms with Crippen LogP contribution in [0.5, 0.6) is 0 Å². The molecule has 1 N–H and O–H groups in total. The number of carboxylic acid groups (broad SMARTS) is 1. The van der Waals surface area contributed by atoms with Crippen molar-refractivity contribution in [3.8, 4) is 0 Å². The Kier molecular flexibility index (Phi) is 8.20. The second-order valence-corrected chi connectivity index (χ2v) is 8.10. The van der Waals surface area contributed by atoms with Gasteiger partial charge in [0.15, 0.2) is 0 Å². The molecule has 0 amide bonds. The average Bonchev–Trinajstić information content (AvgIpc) is 2.66. The van der Waals surface area contributed by atoms with Crippen LogP contribution in [-0.4, -0.2) is 22.6 Å². The van der Waals surface area contributed by atoms with Crippen molar-refractivity contribution in [1.29, 1.82) is 0 Å². The lowest BCUT2D eigenvalue weighted by atomic mass is 9.98. The molecule has 0 fully saturated rings. The maximum absolute atomic E-state index is 12.7. The Morgan fingerprint density at radius 3 is 2.28 bits per heavy atom. The summed E-state index contributed by atoms with van der Waals surface area (Å²) in [4.78, 5) is 24.2. The van der Waals surface area contributed by atoms with Crippen molar-refractivity contribution in [2.45, 2.75) is 58.5 Å². The number of rotatable bonds is 9. The second-order valence-electron chi connectivity index (χ2n) is 8.10. The summed E-state index contributed by atoms with van der Waals surface area (Å²) in [6, 6.07) is 17.1. The first-order chi connectivity index (χ1) is 13.8. The van der Waals surface area contributed by atoms with Gasteiger partial charge in [0.25, 0.3) is 0 Å². The number of carbonyl (C=O) groups excluding carboxylic acids is 1. The third-order valence-corrected chi connectivity index (χ3v) is 4.44. The number of esters is 1. The van der Waals surface area contributed by atoms with Crippen LogP contribution in [0, 0.1) is 0 Å². The summed E-state index contributed by atoms with van der Waals surface area (Å²) in [5.41, 5.74) is 2.04. The Labute approximate surface area is 173 Å². The number of hydrogen-bond acceptors (Lipinski definition) is 3. The highest BCUT2D eigenvalue weighted by atomic mass is 16.6. The summed E-state index contributed by atoms with van der Waals surface area (Å²) in [6.07, 6.45) is 5.86. The molecule has 0 aliphatic carbocycles. The van der Waals surface area contributed by atoms with Gasteiger partial charge in [0.1, 0.15) is 5.60 Å². The molecule has 2 rings (SSSR count). The molecule has 0 spiro atoms. The summed E-state index contributed by atoms with van der Waals surface area (Å²) in [7, 11) is 0. The molecule has 4 heteroatoms. The fourth-order valence-electron chi connectivity index (χ4n) is 3.05. The van der Waals surface area contributed by atoms with Crippen molar-refractivity contribution < 1.29 is 19.4 Å². The molecule has 0 heterocycles. The summed E-state index contributed by atoms with van der Waals surface area (Å²) in [5, 5.41) is 9.42. The minimum Gasteiger partial charge on any atom is -0.478 e. The van der Waals surface area contributed by atoms with Gasteiger partial charge in [-0.15, -0.1) is 0 Å². The molecule has 0 saturated carbocycles. The molecule has 0 radical (unpaired) electrons. The summed E-state index contributed by atoms with van der Waals surface area (Å²) in [6.45, 7) is 5.48. The van der Waals surface area contributed by atoms with Crippen molar-refractivity contribution >= 4 is 11.9 Å². The molecule has 0 aliphatic rings. The molecular formula is C25H30O4. The highest BCUT2D eigenvalue weighted by Crippen LogP contribution is 2.19. The van der Waals surface area contributed by atoms with Gasteiger partial charge in [-0.05, 0) is 63.6 Å². The van der Waals surface area contributed by atoms with Gasteiger partial charge in [-0.1, -0.05) is 54.6 Å². The van der Waals surface area contributed by atoms with E-state index in [0.29, 0.717) is 11.1 Å². The molecule has 4 nitrogen and oxygen atoms in total. The van der Waals surface area contributed by atoms with E-state index in [1.807, 2.05) is 45.0 Å². The molecule has 29 heavy (non-hydrogen) atoms. The minimum atomic E-state index is -0.994. The van der Waals surface area contributed by atoms with Crippen LogP contribution in [0.1, 0.15) is 61.5 Å². The Bertz CT molecular complexity index is 845. The highest BCUT2D eigenvalue weighted by molar-refractivity contribution is 5.92.